The Bertz CT molecular complexity index is 484. The third-order valence-corrected chi connectivity index (χ3v) is 4.51. The first-order valence-corrected chi connectivity index (χ1v) is 6.38. The van der Waals surface area contributed by atoms with Crippen molar-refractivity contribution in [2.24, 2.45) is 5.41 Å². The van der Waals surface area contributed by atoms with Crippen LogP contribution in [0.4, 0.5) is 0 Å². The number of hydrogen-bond donors (Lipinski definition) is 0. The predicted octanol–water partition coefficient (Wildman–Crippen LogP) is 2.22. The zero-order valence-electron chi connectivity index (χ0n) is 10.9. The number of methoxy groups -OCH3 is 1. The molecule has 2 aliphatic rings. The molecule has 0 radical (unpaired) electrons. The molecular weight excluding hydrogens is 228 g/mol. The molecule has 1 aliphatic heterocycles. The van der Waals surface area contributed by atoms with Gasteiger partial charge >= 0.3 is 5.97 Å². The summed E-state index contributed by atoms with van der Waals surface area (Å²) in [6.45, 7) is 3.34. The van der Waals surface area contributed by atoms with E-state index >= 15 is 0 Å². The van der Waals surface area contributed by atoms with Crippen LogP contribution in [-0.4, -0.2) is 26.3 Å². The Morgan fingerprint density at radius 2 is 2.06 bits per heavy atom. The fraction of sp³-hybridized carbons (Fsp3) is 0.533. The SMILES string of the molecule is COC(=O)C1(C2(c3cccc(C)c3)COC2)CC1. The molecule has 0 amide bonds. The number of benzene rings is 1. The van der Waals surface area contributed by atoms with Gasteiger partial charge in [0.2, 0.25) is 0 Å². The van der Waals surface area contributed by atoms with Gasteiger partial charge in [-0.15, -0.1) is 0 Å². The monoisotopic (exact) mass is 246 g/mol. The van der Waals surface area contributed by atoms with Crippen LogP contribution in [-0.2, 0) is 19.7 Å². The van der Waals surface area contributed by atoms with E-state index in [9.17, 15) is 4.79 Å². The second-order valence-electron chi connectivity index (χ2n) is 5.52. The van der Waals surface area contributed by atoms with E-state index in [4.69, 9.17) is 9.47 Å². The smallest absolute Gasteiger partial charge is 0.312 e. The minimum atomic E-state index is -0.339. The molecule has 0 bridgehead atoms. The fourth-order valence-electron chi connectivity index (χ4n) is 3.17. The van der Waals surface area contributed by atoms with E-state index < -0.39 is 0 Å². The highest BCUT2D eigenvalue weighted by Gasteiger charge is 2.68. The Labute approximate surface area is 107 Å². The van der Waals surface area contributed by atoms with Crippen molar-refractivity contribution in [3.05, 3.63) is 35.4 Å². The molecule has 0 unspecified atom stereocenters. The number of carbonyl (C=O) groups excluding carboxylic acids is 1. The molecule has 1 saturated heterocycles. The van der Waals surface area contributed by atoms with E-state index in [0.717, 1.165) is 12.8 Å². The number of rotatable bonds is 3. The van der Waals surface area contributed by atoms with Crippen molar-refractivity contribution >= 4 is 5.97 Å². The number of carbonyl (C=O) groups is 1. The van der Waals surface area contributed by atoms with Gasteiger partial charge in [-0.2, -0.15) is 0 Å². The van der Waals surface area contributed by atoms with Gasteiger partial charge in [0.25, 0.3) is 0 Å². The standard InChI is InChI=1S/C15H18O3/c1-11-4-3-5-12(8-11)15(9-18-10-15)14(6-7-14)13(16)17-2/h3-5,8H,6-7,9-10H2,1-2H3. The van der Waals surface area contributed by atoms with Crippen LogP contribution >= 0.6 is 0 Å². The van der Waals surface area contributed by atoms with Gasteiger partial charge < -0.3 is 9.47 Å². The molecule has 3 nitrogen and oxygen atoms in total. The molecule has 3 rings (SSSR count). The summed E-state index contributed by atoms with van der Waals surface area (Å²) in [7, 11) is 1.48. The minimum Gasteiger partial charge on any atom is -0.469 e. The molecule has 18 heavy (non-hydrogen) atoms. The van der Waals surface area contributed by atoms with E-state index in [1.54, 1.807) is 0 Å². The summed E-state index contributed by atoms with van der Waals surface area (Å²) >= 11 is 0. The fourth-order valence-corrected chi connectivity index (χ4v) is 3.17. The summed E-state index contributed by atoms with van der Waals surface area (Å²) in [6.07, 6.45) is 1.83. The van der Waals surface area contributed by atoms with E-state index in [0.29, 0.717) is 13.2 Å². The molecule has 1 aliphatic carbocycles. The molecule has 1 aromatic carbocycles. The van der Waals surface area contributed by atoms with Crippen LogP contribution in [0.25, 0.3) is 0 Å². The lowest BCUT2D eigenvalue weighted by Gasteiger charge is -2.47. The molecule has 0 atom stereocenters. The van der Waals surface area contributed by atoms with Crippen LogP contribution < -0.4 is 0 Å². The zero-order valence-corrected chi connectivity index (χ0v) is 10.9. The topological polar surface area (TPSA) is 35.5 Å². The molecule has 0 spiro atoms. The third kappa shape index (κ3) is 1.37. The van der Waals surface area contributed by atoms with Crippen molar-refractivity contribution in [3.8, 4) is 0 Å². The highest BCUT2D eigenvalue weighted by molar-refractivity contribution is 5.82. The second kappa shape index (κ2) is 3.82. The quantitative estimate of drug-likeness (QED) is 0.767. The summed E-state index contributed by atoms with van der Waals surface area (Å²) in [6, 6.07) is 8.41. The Hall–Kier alpha value is -1.35. The Kier molecular flexibility index (Phi) is 2.49. The van der Waals surface area contributed by atoms with Crippen LogP contribution in [0.2, 0.25) is 0 Å². The van der Waals surface area contributed by atoms with Gasteiger partial charge in [0.05, 0.1) is 31.2 Å². The normalized spacial score (nSPS) is 23.0. The average molecular weight is 246 g/mol. The highest BCUT2D eigenvalue weighted by atomic mass is 16.5. The maximum Gasteiger partial charge on any atom is 0.312 e. The van der Waals surface area contributed by atoms with Gasteiger partial charge in [0.15, 0.2) is 0 Å². The predicted molar refractivity (Wildman–Crippen MR) is 67.4 cm³/mol. The molecule has 1 aromatic rings. The first kappa shape index (κ1) is 11.7. The van der Waals surface area contributed by atoms with Crippen LogP contribution in [0.15, 0.2) is 24.3 Å². The summed E-state index contributed by atoms with van der Waals surface area (Å²) in [5, 5.41) is 0. The Balaban J connectivity index is 2.03. The van der Waals surface area contributed by atoms with Crippen molar-refractivity contribution in [1.82, 2.24) is 0 Å². The largest absolute Gasteiger partial charge is 0.469 e. The summed E-state index contributed by atoms with van der Waals surface area (Å²) < 4.78 is 10.5. The molecule has 1 heterocycles. The van der Waals surface area contributed by atoms with Crippen molar-refractivity contribution in [1.29, 1.82) is 0 Å². The summed E-state index contributed by atoms with van der Waals surface area (Å²) in [4.78, 5) is 12.1. The van der Waals surface area contributed by atoms with E-state index in [1.807, 2.05) is 0 Å². The van der Waals surface area contributed by atoms with E-state index in [2.05, 4.69) is 31.2 Å². The molecule has 96 valence electrons. The lowest BCUT2D eigenvalue weighted by atomic mass is 9.66. The molecule has 0 N–H and O–H groups in total. The minimum absolute atomic E-state index is 0.0766. The number of ether oxygens (including phenoxy) is 2. The van der Waals surface area contributed by atoms with Crippen molar-refractivity contribution < 1.29 is 14.3 Å². The lowest BCUT2D eigenvalue weighted by molar-refractivity contribution is -0.164. The zero-order chi connectivity index (χ0) is 12.8. The van der Waals surface area contributed by atoms with Crippen molar-refractivity contribution in [3.63, 3.8) is 0 Å². The molecule has 0 aromatic heterocycles. The van der Waals surface area contributed by atoms with Crippen LogP contribution in [0.3, 0.4) is 0 Å². The first-order chi connectivity index (χ1) is 8.64. The number of hydrogen-bond acceptors (Lipinski definition) is 3. The third-order valence-electron chi connectivity index (χ3n) is 4.51. The maximum atomic E-state index is 12.1. The van der Waals surface area contributed by atoms with Crippen molar-refractivity contribution in [2.75, 3.05) is 20.3 Å². The van der Waals surface area contributed by atoms with Gasteiger partial charge in [-0.05, 0) is 25.3 Å². The van der Waals surface area contributed by atoms with Crippen LogP contribution in [0.5, 0.6) is 0 Å². The van der Waals surface area contributed by atoms with Crippen LogP contribution in [0.1, 0.15) is 24.0 Å². The Morgan fingerprint density at radius 3 is 2.50 bits per heavy atom. The van der Waals surface area contributed by atoms with Gasteiger partial charge in [-0.25, -0.2) is 0 Å². The van der Waals surface area contributed by atoms with Gasteiger partial charge in [-0.3, -0.25) is 4.79 Å². The summed E-state index contributed by atoms with van der Waals surface area (Å²) in [5.41, 5.74) is 1.94. The highest BCUT2D eigenvalue weighted by Crippen LogP contribution is 2.63. The van der Waals surface area contributed by atoms with E-state index in [-0.39, 0.29) is 16.8 Å². The molecular formula is C15H18O3. The molecule has 3 heteroatoms. The molecule has 1 saturated carbocycles. The number of esters is 1. The first-order valence-electron chi connectivity index (χ1n) is 6.38. The van der Waals surface area contributed by atoms with Crippen LogP contribution in [0, 0.1) is 12.3 Å². The Morgan fingerprint density at radius 1 is 1.33 bits per heavy atom. The summed E-state index contributed by atoms with van der Waals surface area (Å²) in [5.74, 6) is -0.0766. The van der Waals surface area contributed by atoms with Gasteiger partial charge in [-0.1, -0.05) is 29.8 Å². The van der Waals surface area contributed by atoms with Gasteiger partial charge in [0.1, 0.15) is 0 Å². The van der Waals surface area contributed by atoms with Gasteiger partial charge in [0, 0.05) is 0 Å². The maximum absolute atomic E-state index is 12.1. The second-order valence-corrected chi connectivity index (χ2v) is 5.52. The number of aryl methyl sites for hydroxylation is 1. The van der Waals surface area contributed by atoms with E-state index in [1.165, 1.54) is 18.2 Å². The lowest BCUT2D eigenvalue weighted by Crippen LogP contribution is -2.56. The van der Waals surface area contributed by atoms with Crippen molar-refractivity contribution in [2.45, 2.75) is 25.2 Å². The average Bonchev–Trinajstić information content (AvgIpc) is 3.08. The molecule has 2 fully saturated rings.